The summed E-state index contributed by atoms with van der Waals surface area (Å²) in [6.07, 6.45) is -26.1. The molecule has 0 aromatic carbocycles. The Morgan fingerprint density at radius 1 is 0.360 bits per heavy atom. The van der Waals surface area contributed by atoms with Crippen LogP contribution in [0.25, 0.3) is 0 Å². The minimum absolute atomic E-state index is 0. The van der Waals surface area contributed by atoms with E-state index in [1.165, 1.54) is 0 Å². The van der Waals surface area contributed by atoms with E-state index < -0.39 is 42.4 Å². The molecule has 0 aliphatic heterocycles. The van der Waals surface area contributed by atoms with Gasteiger partial charge in [-0.25, -0.2) is 0 Å². The van der Waals surface area contributed by atoms with Gasteiger partial charge in [0, 0.05) is 0 Å². The van der Waals surface area contributed by atoms with Crippen molar-refractivity contribution in [2.45, 2.75) is 35.5 Å². The molecule has 0 spiro atoms. The summed E-state index contributed by atoms with van der Waals surface area (Å²) in [5.74, 6) is 0. The van der Waals surface area contributed by atoms with Crippen LogP contribution >= 0.6 is 6.88 Å². The molecule has 0 aromatic rings. The van der Waals surface area contributed by atoms with Gasteiger partial charge in [0.1, 0.15) is 0 Å². The van der Waals surface area contributed by atoms with Crippen molar-refractivity contribution in [2.75, 3.05) is 0 Å². The molecule has 0 heterocycles. The second-order valence-electron chi connectivity index (χ2n) is 4.40. The molecule has 156 valence electrons. The molecule has 0 aliphatic rings. The van der Waals surface area contributed by atoms with Crippen molar-refractivity contribution in [3.05, 3.63) is 0 Å². The van der Waals surface area contributed by atoms with E-state index in [0.29, 0.717) is 0 Å². The normalized spacial score (nSPS) is 19.4. The van der Waals surface area contributed by atoms with Gasteiger partial charge in [0.05, 0.1) is 0 Å². The Bertz CT molecular complexity index is 475. The fourth-order valence-corrected chi connectivity index (χ4v) is 4.02. The number of rotatable bonds is 3. The van der Waals surface area contributed by atoms with Gasteiger partial charge in [-0.3, -0.25) is 0 Å². The molecule has 0 atom stereocenters. The Kier molecular flexibility index (Phi) is 4.37. The molecule has 0 unspecified atom stereocenters. The van der Waals surface area contributed by atoms with Gasteiger partial charge in [0.2, 0.25) is 0 Å². The third-order valence-electron chi connectivity index (χ3n) is 2.82. The Balaban J connectivity index is 0. The molecule has 0 aliphatic carbocycles. The number of alkyl halides is 15. The minimum Gasteiger partial charge on any atom is 1.00 e. The van der Waals surface area contributed by atoms with E-state index in [-0.39, 0.29) is 1.43 Å². The van der Waals surface area contributed by atoms with Crippen LogP contribution in [0, 0.1) is 0 Å². The van der Waals surface area contributed by atoms with Crippen molar-refractivity contribution in [3.63, 3.8) is 0 Å². The summed E-state index contributed by atoms with van der Waals surface area (Å²) < 4.78 is 222. The second-order valence-corrected chi connectivity index (χ2v) is 8.67. The molecule has 0 bridgehead atoms. The number of halogens is 18. The van der Waals surface area contributed by atoms with Gasteiger partial charge in [0.25, 0.3) is 0 Å². The largest absolute Gasteiger partial charge is 1.00 e. The Labute approximate surface area is 124 Å². The zero-order valence-electron chi connectivity index (χ0n) is 11.3. The quantitative estimate of drug-likeness (QED) is 0.315. The standard InChI is InChI=1S/C6F18P/c7-1(8,9)4(16,17)25(22,23,24,5(18,19)2(10,11)12)6(20,21)3(13,14)15/q-1/p+1. The van der Waals surface area contributed by atoms with Crippen molar-refractivity contribution < 1.29 is 79.9 Å². The van der Waals surface area contributed by atoms with Crippen molar-refractivity contribution in [2.24, 2.45) is 0 Å². The monoisotopic (exact) mass is 446 g/mol. The first-order valence-electron chi connectivity index (χ1n) is 4.76. The van der Waals surface area contributed by atoms with E-state index in [4.69, 9.17) is 0 Å². The van der Waals surface area contributed by atoms with Crippen LogP contribution in [-0.2, 0) is 0 Å². The van der Waals surface area contributed by atoms with Crippen LogP contribution in [0.4, 0.5) is 78.4 Å². The van der Waals surface area contributed by atoms with E-state index >= 15 is 0 Å². The van der Waals surface area contributed by atoms with E-state index in [1.807, 2.05) is 0 Å². The molecule has 0 amide bonds. The van der Waals surface area contributed by atoms with Gasteiger partial charge in [0.15, 0.2) is 0 Å². The van der Waals surface area contributed by atoms with Gasteiger partial charge in [-0.05, 0) is 0 Å². The number of hydrogen-bond acceptors (Lipinski definition) is 0. The molecule has 0 fully saturated rings. The number of hydrogen-bond donors (Lipinski definition) is 0. The van der Waals surface area contributed by atoms with Crippen molar-refractivity contribution in [1.29, 1.82) is 0 Å². The molecule has 0 N–H and O–H groups in total. The Morgan fingerprint density at radius 3 is 0.560 bits per heavy atom. The summed E-state index contributed by atoms with van der Waals surface area (Å²) >= 11 is 0. The molecular formula is C6HF18P. The van der Waals surface area contributed by atoms with Crippen LogP contribution in [0.3, 0.4) is 0 Å². The van der Waals surface area contributed by atoms with Gasteiger partial charge in [-0.15, -0.1) is 0 Å². The predicted octanol–water partition coefficient (Wildman–Crippen LogP) is 7.31. The van der Waals surface area contributed by atoms with Crippen molar-refractivity contribution >= 4 is 6.88 Å². The SMILES string of the molecule is FC(F)(F)C(F)(F)[P-](F)(F)(F)(C(F)(F)C(F)(F)F)C(F)(F)C(F)(F)F.[H+]. The van der Waals surface area contributed by atoms with Crippen LogP contribution in [-0.4, -0.2) is 35.5 Å². The van der Waals surface area contributed by atoms with Crippen molar-refractivity contribution in [3.8, 4) is 0 Å². The minimum atomic E-state index is -15.0. The van der Waals surface area contributed by atoms with Crippen LogP contribution < -0.4 is 0 Å². The molecule has 0 saturated heterocycles. The first-order valence-corrected chi connectivity index (χ1v) is 7.12. The van der Waals surface area contributed by atoms with E-state index in [9.17, 15) is 78.4 Å². The van der Waals surface area contributed by atoms with Gasteiger partial charge in [-0.1, -0.05) is 0 Å². The van der Waals surface area contributed by atoms with Gasteiger partial charge in [-0.2, -0.15) is 0 Å². The average Bonchev–Trinajstić information content (AvgIpc) is 2.23. The zero-order valence-corrected chi connectivity index (χ0v) is 11.1. The van der Waals surface area contributed by atoms with E-state index in [2.05, 4.69) is 0 Å². The summed E-state index contributed by atoms with van der Waals surface area (Å²) in [6, 6.07) is 0. The maximum atomic E-state index is 13.4. The maximum absolute atomic E-state index is 15.0. The Hall–Kier alpha value is -0.830. The van der Waals surface area contributed by atoms with Crippen molar-refractivity contribution in [1.82, 2.24) is 0 Å². The summed E-state index contributed by atoms with van der Waals surface area (Å²) in [5, 5.41) is 0. The smallest absolute Gasteiger partial charge is 1.00 e. The average molecular weight is 446 g/mol. The molecule has 25 heavy (non-hydrogen) atoms. The third kappa shape index (κ3) is 2.05. The molecule has 0 radical (unpaired) electrons. The van der Waals surface area contributed by atoms with Crippen LogP contribution in [0.15, 0.2) is 0 Å². The first kappa shape index (κ1) is 24.2. The maximum Gasteiger partial charge on any atom is 1.00 e. The second kappa shape index (κ2) is 4.52. The molecule has 0 saturated carbocycles. The van der Waals surface area contributed by atoms with E-state index in [0.717, 1.165) is 0 Å². The molecule has 19 heteroatoms. The molecular weight excluding hydrogens is 445 g/mol. The third-order valence-corrected chi connectivity index (χ3v) is 7.18. The van der Waals surface area contributed by atoms with Gasteiger partial charge >= 0.3 is 122 Å². The fourth-order valence-electron chi connectivity index (χ4n) is 1.34. The van der Waals surface area contributed by atoms with Crippen LogP contribution in [0.1, 0.15) is 1.43 Å². The van der Waals surface area contributed by atoms with Crippen LogP contribution in [0.2, 0.25) is 0 Å². The molecule has 0 aromatic heterocycles. The summed E-state index contributed by atoms with van der Waals surface area (Å²) in [6.45, 7) is -15.0. The van der Waals surface area contributed by atoms with Gasteiger partial charge < -0.3 is 0 Å². The molecule has 0 rings (SSSR count). The van der Waals surface area contributed by atoms with E-state index in [1.54, 1.807) is 0 Å². The topological polar surface area (TPSA) is 0 Å². The zero-order chi connectivity index (χ0) is 21.4. The summed E-state index contributed by atoms with van der Waals surface area (Å²) in [4.78, 5) is 0. The first-order chi connectivity index (χ1) is 10.1. The Morgan fingerprint density at radius 2 is 0.480 bits per heavy atom. The summed E-state index contributed by atoms with van der Waals surface area (Å²) in [5.41, 5.74) is -29.3. The summed E-state index contributed by atoms with van der Waals surface area (Å²) in [7, 11) is 0. The fraction of sp³-hybridized carbons (Fsp3) is 1.00. The predicted molar refractivity (Wildman–Crippen MR) is 44.4 cm³/mol. The van der Waals surface area contributed by atoms with Crippen LogP contribution in [0.5, 0.6) is 0 Å². The molecule has 0 nitrogen and oxygen atoms in total.